The molecular formula is C24H29N9O3. The van der Waals surface area contributed by atoms with Crippen molar-refractivity contribution in [2.75, 3.05) is 25.4 Å². The number of carbonyl (C=O) groups excluding carboxylic acids is 1. The first-order chi connectivity index (χ1) is 17.5. The molecule has 0 saturated carbocycles. The van der Waals surface area contributed by atoms with Gasteiger partial charge in [0.25, 0.3) is 0 Å². The number of unbranched alkanes of at least 4 members (excludes halogenated alkanes) is 1. The number of aromatic nitrogens is 6. The third-order valence-corrected chi connectivity index (χ3v) is 6.07. The van der Waals surface area contributed by atoms with E-state index in [0.29, 0.717) is 24.3 Å². The van der Waals surface area contributed by atoms with Crippen LogP contribution in [-0.2, 0) is 17.9 Å². The highest BCUT2D eigenvalue weighted by Gasteiger charge is 2.19. The standard InChI is InChI=1S/C24H29N9O3/c1-2-3-8-36-23-30-21(25)20-22(31-23)33(24(35)29-20)12-15-4-6-16(7-5-15)17-9-27-32(13-17)14-19(34)28-18-10-26-11-18/h4-7,9,13,18,26H,2-3,8,10-12,14H2,1H3,(H,28,34)(H,29,35)(H2,25,30,31). The number of fused-ring (bicyclic) bond motifs is 1. The van der Waals surface area contributed by atoms with E-state index in [2.05, 4.69) is 37.6 Å². The van der Waals surface area contributed by atoms with Crippen LogP contribution >= 0.6 is 0 Å². The van der Waals surface area contributed by atoms with Gasteiger partial charge in [0, 0.05) is 24.8 Å². The Bertz CT molecular complexity index is 1420. The van der Waals surface area contributed by atoms with E-state index >= 15 is 0 Å². The van der Waals surface area contributed by atoms with Crippen molar-refractivity contribution in [1.82, 2.24) is 39.9 Å². The number of carbonyl (C=O) groups is 1. The number of nitrogens with zero attached hydrogens (tertiary/aromatic N) is 5. The fraction of sp³-hybridized carbons (Fsp3) is 0.375. The minimum Gasteiger partial charge on any atom is -0.463 e. The van der Waals surface area contributed by atoms with Crippen LogP contribution in [0, 0.1) is 0 Å². The van der Waals surface area contributed by atoms with Gasteiger partial charge in [-0.05, 0) is 17.5 Å². The first kappa shape index (κ1) is 23.5. The lowest BCUT2D eigenvalue weighted by Gasteiger charge is -2.27. The zero-order chi connectivity index (χ0) is 25.1. The van der Waals surface area contributed by atoms with Crippen LogP contribution in [0.2, 0.25) is 0 Å². The smallest absolute Gasteiger partial charge is 0.328 e. The van der Waals surface area contributed by atoms with Crippen molar-refractivity contribution >= 4 is 22.9 Å². The molecule has 1 aliphatic heterocycles. The molecule has 188 valence electrons. The molecule has 1 amide bonds. The third kappa shape index (κ3) is 5.08. The van der Waals surface area contributed by atoms with Crippen LogP contribution in [0.3, 0.4) is 0 Å². The highest BCUT2D eigenvalue weighted by molar-refractivity contribution is 5.82. The largest absolute Gasteiger partial charge is 0.463 e. The number of benzene rings is 1. The van der Waals surface area contributed by atoms with Crippen LogP contribution in [-0.4, -0.2) is 60.9 Å². The van der Waals surface area contributed by atoms with Crippen molar-refractivity contribution in [1.29, 1.82) is 0 Å². The second-order valence-corrected chi connectivity index (χ2v) is 8.85. The van der Waals surface area contributed by atoms with Crippen molar-refractivity contribution in [3.63, 3.8) is 0 Å². The highest BCUT2D eigenvalue weighted by atomic mass is 16.5. The maximum Gasteiger partial charge on any atom is 0.328 e. The number of ether oxygens (including phenoxy) is 1. The molecule has 1 saturated heterocycles. The van der Waals surface area contributed by atoms with Crippen molar-refractivity contribution in [2.45, 2.75) is 38.9 Å². The topological polar surface area (TPSA) is 158 Å². The van der Waals surface area contributed by atoms with Gasteiger partial charge in [0.1, 0.15) is 12.1 Å². The number of amides is 1. The SMILES string of the molecule is CCCCOc1nc(N)c2[nH]c(=O)n(Cc3ccc(-c4cnn(CC(=O)NC5CNC5)c4)cc3)c2n1. The number of hydrogen-bond donors (Lipinski definition) is 4. The van der Waals surface area contributed by atoms with Gasteiger partial charge in [-0.2, -0.15) is 15.1 Å². The fourth-order valence-electron chi connectivity index (χ4n) is 3.95. The van der Waals surface area contributed by atoms with E-state index in [1.807, 2.05) is 30.5 Å². The molecule has 12 heteroatoms. The van der Waals surface area contributed by atoms with Crippen LogP contribution in [0.15, 0.2) is 41.5 Å². The predicted octanol–water partition coefficient (Wildman–Crippen LogP) is 0.881. The van der Waals surface area contributed by atoms with Crippen LogP contribution in [0.4, 0.5) is 5.82 Å². The molecule has 1 aromatic carbocycles. The summed E-state index contributed by atoms with van der Waals surface area (Å²) < 4.78 is 8.74. The first-order valence-electron chi connectivity index (χ1n) is 12.0. The molecule has 0 aliphatic carbocycles. The van der Waals surface area contributed by atoms with Gasteiger partial charge in [0.15, 0.2) is 11.5 Å². The molecule has 0 unspecified atom stereocenters. The fourth-order valence-corrected chi connectivity index (χ4v) is 3.95. The molecule has 3 aromatic heterocycles. The van der Waals surface area contributed by atoms with Crippen molar-refractivity contribution in [2.24, 2.45) is 0 Å². The Morgan fingerprint density at radius 1 is 1.22 bits per heavy atom. The summed E-state index contributed by atoms with van der Waals surface area (Å²) in [5.74, 6) is 0.117. The summed E-state index contributed by atoms with van der Waals surface area (Å²) in [6, 6.07) is 8.16. The van der Waals surface area contributed by atoms with E-state index in [0.717, 1.165) is 42.6 Å². The molecule has 0 bridgehead atoms. The summed E-state index contributed by atoms with van der Waals surface area (Å²) in [6.45, 7) is 4.64. The summed E-state index contributed by atoms with van der Waals surface area (Å²) in [4.78, 5) is 36.1. The second-order valence-electron chi connectivity index (χ2n) is 8.85. The molecule has 1 aliphatic rings. The number of nitrogens with one attached hydrogen (secondary N) is 3. The molecule has 12 nitrogen and oxygen atoms in total. The number of H-pyrrole nitrogens is 1. The molecule has 5 N–H and O–H groups in total. The molecular weight excluding hydrogens is 462 g/mol. The number of imidazole rings is 1. The molecule has 4 aromatic rings. The lowest BCUT2D eigenvalue weighted by molar-refractivity contribution is -0.122. The van der Waals surface area contributed by atoms with Crippen molar-refractivity contribution < 1.29 is 9.53 Å². The Balaban J connectivity index is 1.29. The number of nitrogens with two attached hydrogens (primary N) is 1. The summed E-state index contributed by atoms with van der Waals surface area (Å²) in [7, 11) is 0. The van der Waals surface area contributed by atoms with Gasteiger partial charge < -0.3 is 26.1 Å². The number of hydrogen-bond acceptors (Lipinski definition) is 8. The van der Waals surface area contributed by atoms with Crippen LogP contribution in [0.5, 0.6) is 6.01 Å². The second kappa shape index (κ2) is 10.2. The lowest BCUT2D eigenvalue weighted by Crippen LogP contribution is -2.57. The molecule has 5 rings (SSSR count). The Morgan fingerprint density at radius 2 is 2.03 bits per heavy atom. The Kier molecular flexibility index (Phi) is 6.67. The number of aromatic amines is 1. The maximum atomic E-state index is 12.6. The van der Waals surface area contributed by atoms with Gasteiger partial charge in [-0.3, -0.25) is 14.0 Å². The minimum absolute atomic E-state index is 0.0564. The van der Waals surface area contributed by atoms with Crippen LogP contribution in [0.25, 0.3) is 22.3 Å². The summed E-state index contributed by atoms with van der Waals surface area (Å²) >= 11 is 0. The van der Waals surface area contributed by atoms with Gasteiger partial charge in [-0.15, -0.1) is 0 Å². The average Bonchev–Trinajstić information content (AvgIpc) is 3.42. The number of rotatable bonds is 10. The summed E-state index contributed by atoms with van der Waals surface area (Å²) in [5, 5.41) is 10.4. The number of anilines is 1. The Labute approximate surface area is 206 Å². The van der Waals surface area contributed by atoms with E-state index in [-0.39, 0.29) is 36.0 Å². The zero-order valence-corrected chi connectivity index (χ0v) is 20.0. The number of nitrogen functional groups attached to an aromatic ring is 1. The van der Waals surface area contributed by atoms with E-state index in [1.165, 1.54) is 4.57 Å². The lowest BCUT2D eigenvalue weighted by atomic mass is 10.1. The molecule has 1 fully saturated rings. The van der Waals surface area contributed by atoms with E-state index in [1.54, 1.807) is 10.9 Å². The average molecular weight is 492 g/mol. The zero-order valence-electron chi connectivity index (χ0n) is 20.0. The minimum atomic E-state index is -0.321. The van der Waals surface area contributed by atoms with Crippen molar-refractivity contribution in [3.05, 3.63) is 52.7 Å². The molecule has 0 atom stereocenters. The monoisotopic (exact) mass is 491 g/mol. The van der Waals surface area contributed by atoms with Crippen LogP contribution < -0.4 is 26.8 Å². The molecule has 0 radical (unpaired) electrons. The van der Waals surface area contributed by atoms with E-state index in [9.17, 15) is 9.59 Å². The van der Waals surface area contributed by atoms with Gasteiger partial charge in [-0.1, -0.05) is 37.6 Å². The van der Waals surface area contributed by atoms with Crippen LogP contribution in [0.1, 0.15) is 25.3 Å². The molecule has 0 spiro atoms. The quantitative estimate of drug-likeness (QED) is 0.238. The van der Waals surface area contributed by atoms with Gasteiger partial charge >= 0.3 is 11.7 Å². The Morgan fingerprint density at radius 3 is 2.75 bits per heavy atom. The van der Waals surface area contributed by atoms with Gasteiger partial charge in [0.2, 0.25) is 5.91 Å². The maximum absolute atomic E-state index is 12.6. The van der Waals surface area contributed by atoms with E-state index < -0.39 is 0 Å². The first-order valence-corrected chi connectivity index (χ1v) is 12.0. The normalized spacial score (nSPS) is 13.6. The third-order valence-electron chi connectivity index (χ3n) is 6.07. The Hall–Kier alpha value is -4.19. The summed E-state index contributed by atoms with van der Waals surface area (Å²) in [6.07, 6.45) is 5.43. The summed E-state index contributed by atoms with van der Waals surface area (Å²) in [5.41, 5.74) is 9.28. The van der Waals surface area contributed by atoms with Crippen molar-refractivity contribution in [3.8, 4) is 17.1 Å². The molecule has 36 heavy (non-hydrogen) atoms. The predicted molar refractivity (Wildman–Crippen MR) is 135 cm³/mol. The van der Waals surface area contributed by atoms with E-state index in [4.69, 9.17) is 10.5 Å². The van der Waals surface area contributed by atoms with Gasteiger partial charge in [0.05, 0.1) is 25.4 Å². The highest BCUT2D eigenvalue weighted by Crippen LogP contribution is 2.21. The molecule has 4 heterocycles. The van der Waals surface area contributed by atoms with Gasteiger partial charge in [-0.25, -0.2) is 4.79 Å².